The minimum Gasteiger partial charge on any atom is -0.0639 e. The van der Waals surface area contributed by atoms with Gasteiger partial charge >= 0.3 is 0 Å². The van der Waals surface area contributed by atoms with E-state index in [9.17, 15) is 2.74 Å². The summed E-state index contributed by atoms with van der Waals surface area (Å²) in [6.07, 6.45) is -1.67. The first kappa shape index (κ1) is 18.4. The fourth-order valence-corrected chi connectivity index (χ4v) is 5.01. The molecule has 35 heavy (non-hydrogen) atoms. The van der Waals surface area contributed by atoms with E-state index in [1.54, 1.807) is 12.1 Å². The van der Waals surface area contributed by atoms with E-state index >= 15 is 0 Å². The van der Waals surface area contributed by atoms with Gasteiger partial charge < -0.3 is 0 Å². The molecule has 4 aromatic carbocycles. The highest BCUT2D eigenvalue weighted by Gasteiger charge is 2.07. The summed E-state index contributed by atoms with van der Waals surface area (Å²) in [5, 5.41) is 0.911. The summed E-state index contributed by atoms with van der Waals surface area (Å²) in [6, 6.07) is 26.1. The molecule has 0 heterocycles. The van der Waals surface area contributed by atoms with Crippen molar-refractivity contribution < 1.29 is 8.22 Å². The Bertz CT molecular complexity index is 1510. The molecule has 0 unspecified atom stereocenters. The van der Waals surface area contributed by atoms with Gasteiger partial charge in [-0.3, -0.25) is 0 Å². The average molecular weight is 481 g/mol. The lowest BCUT2D eigenvalue weighted by atomic mass is 9.93. The summed E-state index contributed by atoms with van der Waals surface area (Å²) in [5.74, 6) is -1.66. The highest BCUT2D eigenvalue weighted by atomic mass is 28.2. The molecule has 0 aliphatic carbocycles. The SMILES string of the molecule is [2H]C([2H])([Si]c1ccccc1)c1cc(CC)cc(C([2H])([2H])c2cc(CC)cc(C([2H])([2H])c3cc(C)cc(CC)c3)c2)c1. The summed E-state index contributed by atoms with van der Waals surface area (Å²) in [7, 11) is -0.116. The Balaban J connectivity index is 1.81. The molecule has 0 saturated heterocycles. The maximum absolute atomic E-state index is 9.30. The van der Waals surface area contributed by atoms with Crippen LogP contribution in [-0.2, 0) is 38.0 Å². The van der Waals surface area contributed by atoms with E-state index in [0.717, 1.165) is 33.9 Å². The maximum atomic E-state index is 9.30. The van der Waals surface area contributed by atoms with Crippen molar-refractivity contribution in [3.8, 4) is 0 Å². The van der Waals surface area contributed by atoms with Crippen LogP contribution in [0.25, 0.3) is 0 Å². The number of benzene rings is 4. The van der Waals surface area contributed by atoms with E-state index in [1.165, 1.54) is 0 Å². The van der Waals surface area contributed by atoms with Gasteiger partial charge in [0.1, 0.15) is 0 Å². The molecule has 0 N–H and O–H groups in total. The van der Waals surface area contributed by atoms with E-state index < -0.39 is 18.7 Å². The van der Waals surface area contributed by atoms with E-state index in [-0.39, 0.29) is 9.52 Å². The van der Waals surface area contributed by atoms with Crippen molar-refractivity contribution in [3.05, 3.63) is 135 Å². The molecule has 0 nitrogen and oxygen atoms in total. The molecule has 0 atom stereocenters. The molecule has 4 aromatic rings. The third kappa shape index (κ3) is 7.29. The predicted octanol–water partition coefficient (Wildman–Crippen LogP) is 7.39. The first-order valence-electron chi connectivity index (χ1n) is 15.5. The summed E-state index contributed by atoms with van der Waals surface area (Å²) >= 11 is 0. The van der Waals surface area contributed by atoms with Crippen molar-refractivity contribution in [3.63, 3.8) is 0 Å². The Labute approximate surface area is 223 Å². The Hall–Kier alpha value is -2.90. The van der Waals surface area contributed by atoms with Gasteiger partial charge in [0.15, 0.2) is 0 Å². The van der Waals surface area contributed by atoms with Gasteiger partial charge in [-0.05, 0) is 83.9 Å². The first-order chi connectivity index (χ1) is 19.3. The second-order valence-corrected chi connectivity index (χ2v) is 10.0. The van der Waals surface area contributed by atoms with Crippen molar-refractivity contribution in [1.29, 1.82) is 0 Å². The average Bonchev–Trinajstić information content (AvgIpc) is 2.96. The number of aryl methyl sites for hydroxylation is 4. The van der Waals surface area contributed by atoms with Crippen LogP contribution in [0.5, 0.6) is 0 Å². The molecule has 178 valence electrons. The molecule has 0 aliphatic rings. The minimum atomic E-state index is -1.96. The smallest absolute Gasteiger partial charge is 0.0639 e. The van der Waals surface area contributed by atoms with Crippen LogP contribution in [0.3, 0.4) is 0 Å². The lowest BCUT2D eigenvalue weighted by molar-refractivity contribution is 1.05. The molecule has 2 radical (unpaired) electrons. The quantitative estimate of drug-likeness (QED) is 0.208. The largest absolute Gasteiger partial charge is 0.0855 e. The van der Waals surface area contributed by atoms with Crippen molar-refractivity contribution in [2.75, 3.05) is 0 Å². The predicted molar refractivity (Wildman–Crippen MR) is 153 cm³/mol. The monoisotopic (exact) mass is 480 g/mol. The van der Waals surface area contributed by atoms with E-state index in [0.29, 0.717) is 40.7 Å². The van der Waals surface area contributed by atoms with Crippen LogP contribution in [0.4, 0.5) is 0 Å². The Morgan fingerprint density at radius 2 is 0.943 bits per heavy atom. The van der Waals surface area contributed by atoms with Crippen LogP contribution in [-0.4, -0.2) is 9.52 Å². The summed E-state index contributed by atoms with van der Waals surface area (Å²) < 4.78 is 54.7. The zero-order valence-corrected chi connectivity index (χ0v) is 22.2. The molecule has 0 bridgehead atoms. The van der Waals surface area contributed by atoms with Crippen molar-refractivity contribution in [1.82, 2.24) is 0 Å². The fraction of sp³-hybridized carbons (Fsp3) is 0.294. The van der Waals surface area contributed by atoms with Gasteiger partial charge in [-0.15, -0.1) is 0 Å². The topological polar surface area (TPSA) is 0 Å². The van der Waals surface area contributed by atoms with Crippen LogP contribution in [0.2, 0.25) is 0 Å². The van der Waals surface area contributed by atoms with Crippen molar-refractivity contribution in [2.24, 2.45) is 0 Å². The number of rotatable bonds is 10. The highest BCUT2D eigenvalue weighted by molar-refractivity contribution is 6.52. The van der Waals surface area contributed by atoms with Gasteiger partial charge in [-0.2, -0.15) is 0 Å². The fourth-order valence-electron chi connectivity index (χ4n) is 4.22. The lowest BCUT2D eigenvalue weighted by Gasteiger charge is -2.13. The number of hydrogen-bond donors (Lipinski definition) is 0. The molecular formula is C34H38Si. The molecule has 0 aromatic heterocycles. The summed E-state index contributed by atoms with van der Waals surface area (Å²) in [6.45, 7) is 8.01. The highest BCUT2D eigenvalue weighted by Crippen LogP contribution is 2.21. The standard InChI is InChI=1S/C34H38Si/c1-5-26-13-25(4)14-29(15-26)20-30-16-27(6-2)17-31(21-30)22-32-18-28(7-3)19-33(23-32)24-35-34-11-9-8-10-12-34/h8-19,21,23H,5-7,20,22,24H2,1-4H3/i20D2,22D2,24D2. The molecule has 0 fully saturated rings. The van der Waals surface area contributed by atoms with Gasteiger partial charge in [0, 0.05) is 8.22 Å². The second-order valence-electron chi connectivity index (χ2n) is 8.97. The molecular weight excluding hydrogens is 436 g/mol. The second kappa shape index (κ2) is 12.2. The number of hydrogen-bond acceptors (Lipinski definition) is 0. The first-order valence-corrected chi connectivity index (χ1v) is 13.5. The van der Waals surface area contributed by atoms with Gasteiger partial charge in [0.05, 0.1) is 9.52 Å². The van der Waals surface area contributed by atoms with Gasteiger partial charge in [0.2, 0.25) is 0 Å². The molecule has 4 rings (SSSR count). The lowest BCUT2D eigenvalue weighted by Crippen LogP contribution is -2.16. The van der Waals surface area contributed by atoms with Crippen LogP contribution >= 0.6 is 0 Å². The van der Waals surface area contributed by atoms with Crippen LogP contribution < -0.4 is 5.19 Å². The Kier molecular flexibility index (Phi) is 6.39. The van der Waals surface area contributed by atoms with Crippen LogP contribution in [0.15, 0.2) is 84.9 Å². The summed E-state index contributed by atoms with van der Waals surface area (Å²) in [4.78, 5) is 0. The molecule has 0 amide bonds. The van der Waals surface area contributed by atoms with E-state index in [4.69, 9.17) is 5.48 Å². The van der Waals surface area contributed by atoms with Crippen LogP contribution in [0.1, 0.15) is 79.1 Å². The molecule has 0 aliphatic heterocycles. The van der Waals surface area contributed by atoms with Gasteiger partial charge in [0.25, 0.3) is 0 Å². The third-order valence-electron chi connectivity index (χ3n) is 6.05. The maximum Gasteiger partial charge on any atom is 0.0855 e. The zero-order chi connectivity index (χ0) is 30.0. The zero-order valence-electron chi connectivity index (χ0n) is 27.2. The van der Waals surface area contributed by atoms with Crippen molar-refractivity contribution in [2.45, 2.75) is 65.7 Å². The normalized spacial score (nSPS) is 14.9. The van der Waals surface area contributed by atoms with Crippen LogP contribution in [0, 0.1) is 6.92 Å². The Morgan fingerprint density at radius 1 is 0.543 bits per heavy atom. The molecule has 1 heteroatoms. The van der Waals surface area contributed by atoms with E-state index in [2.05, 4.69) is 13.0 Å². The Morgan fingerprint density at radius 3 is 1.49 bits per heavy atom. The van der Waals surface area contributed by atoms with Crippen molar-refractivity contribution >= 4 is 14.7 Å². The molecule has 0 spiro atoms. The van der Waals surface area contributed by atoms with E-state index in [1.807, 2.05) is 87.5 Å². The minimum absolute atomic E-state index is 0.116. The third-order valence-corrected chi connectivity index (χ3v) is 7.09. The molecule has 0 saturated carbocycles. The summed E-state index contributed by atoms with van der Waals surface area (Å²) in [5.41, 5.74) is 6.03. The van der Waals surface area contributed by atoms with Gasteiger partial charge in [-0.25, -0.2) is 0 Å². The van der Waals surface area contributed by atoms with Gasteiger partial charge in [-0.1, -0.05) is 122 Å².